The van der Waals surface area contributed by atoms with Gasteiger partial charge in [0.05, 0.1) is 18.0 Å². The van der Waals surface area contributed by atoms with Crippen molar-refractivity contribution in [3.63, 3.8) is 0 Å². The van der Waals surface area contributed by atoms with E-state index in [1.807, 2.05) is 32.0 Å². The van der Waals surface area contributed by atoms with Crippen molar-refractivity contribution in [2.45, 2.75) is 38.2 Å². The van der Waals surface area contributed by atoms with Crippen molar-refractivity contribution in [1.82, 2.24) is 5.32 Å². The number of nitrogens with zero attached hydrogens (tertiary/aromatic N) is 1. The van der Waals surface area contributed by atoms with Gasteiger partial charge in [-0.1, -0.05) is 30.3 Å². The van der Waals surface area contributed by atoms with Crippen LogP contribution in [0.3, 0.4) is 0 Å². The maximum Gasteiger partial charge on any atom is 0.240 e. The molecule has 1 N–H and O–H groups in total. The van der Waals surface area contributed by atoms with Gasteiger partial charge in [0.2, 0.25) is 15.9 Å². The van der Waals surface area contributed by atoms with Gasteiger partial charge in [-0.25, -0.2) is 8.42 Å². The van der Waals surface area contributed by atoms with E-state index in [0.717, 1.165) is 29.0 Å². The molecule has 8 heteroatoms. The van der Waals surface area contributed by atoms with Crippen molar-refractivity contribution in [3.8, 4) is 5.75 Å². The Morgan fingerprint density at radius 3 is 2.28 bits per heavy atom. The highest BCUT2D eigenvalue weighted by Gasteiger charge is 2.35. The largest absolute Gasteiger partial charge is 0.491 e. The second-order valence-corrected chi connectivity index (χ2v) is 10.4. The van der Waals surface area contributed by atoms with Crippen molar-refractivity contribution in [1.29, 1.82) is 0 Å². The summed E-state index contributed by atoms with van der Waals surface area (Å²) in [7, 11) is -3.65. The number of carbonyl (C=O) groups is 1. The Labute approximate surface area is 190 Å². The zero-order chi connectivity index (χ0) is 23.2. The number of amides is 1. The van der Waals surface area contributed by atoms with Crippen LogP contribution in [0.4, 0.5) is 5.69 Å². The normalized spacial score (nSPS) is 15.9. The van der Waals surface area contributed by atoms with Crippen molar-refractivity contribution in [2.24, 2.45) is 0 Å². The van der Waals surface area contributed by atoms with E-state index < -0.39 is 10.0 Å². The fourth-order valence-electron chi connectivity index (χ4n) is 3.94. The molecule has 0 atom stereocenters. The molecule has 1 aliphatic heterocycles. The second kappa shape index (κ2) is 10.4. The molecule has 1 heterocycles. The number of nitrogens with one attached hydrogen (secondary N) is 1. The zero-order valence-electron chi connectivity index (χ0n) is 18.9. The van der Waals surface area contributed by atoms with Crippen LogP contribution in [0.2, 0.25) is 0 Å². The molecular formula is C24H32N2O5S. The Morgan fingerprint density at radius 1 is 1.09 bits per heavy atom. The average Bonchev–Trinajstić information content (AvgIpc) is 2.77. The zero-order valence-corrected chi connectivity index (χ0v) is 19.7. The maximum atomic E-state index is 12.8. The number of anilines is 1. The minimum Gasteiger partial charge on any atom is -0.491 e. The van der Waals surface area contributed by atoms with Gasteiger partial charge in [0.1, 0.15) is 12.3 Å². The van der Waals surface area contributed by atoms with Gasteiger partial charge in [-0.2, -0.15) is 0 Å². The van der Waals surface area contributed by atoms with Crippen LogP contribution in [0, 0.1) is 0 Å². The molecule has 1 aliphatic rings. The molecule has 1 fully saturated rings. The molecule has 3 rings (SSSR count). The average molecular weight is 461 g/mol. The fraction of sp³-hybridized carbons (Fsp3) is 0.458. The van der Waals surface area contributed by atoms with Crippen molar-refractivity contribution < 1.29 is 22.7 Å². The summed E-state index contributed by atoms with van der Waals surface area (Å²) in [6, 6.07) is 16.8. The van der Waals surface area contributed by atoms with E-state index in [-0.39, 0.29) is 24.0 Å². The van der Waals surface area contributed by atoms with Crippen LogP contribution in [-0.2, 0) is 25.0 Å². The quantitative estimate of drug-likeness (QED) is 0.622. The summed E-state index contributed by atoms with van der Waals surface area (Å²) >= 11 is 0. The predicted molar refractivity (Wildman–Crippen MR) is 126 cm³/mol. The first-order valence-electron chi connectivity index (χ1n) is 10.8. The molecule has 1 amide bonds. The fourth-order valence-corrected chi connectivity index (χ4v) is 4.80. The van der Waals surface area contributed by atoms with E-state index in [1.165, 1.54) is 0 Å². The lowest BCUT2D eigenvalue weighted by Crippen LogP contribution is -2.47. The van der Waals surface area contributed by atoms with Crippen molar-refractivity contribution in [3.05, 3.63) is 60.2 Å². The van der Waals surface area contributed by atoms with Gasteiger partial charge >= 0.3 is 0 Å². The summed E-state index contributed by atoms with van der Waals surface area (Å²) in [6.45, 7) is 5.24. The monoisotopic (exact) mass is 460 g/mol. The number of rotatable bonds is 9. The lowest BCUT2D eigenvalue weighted by Gasteiger charge is -2.38. The molecule has 174 valence electrons. The van der Waals surface area contributed by atoms with Crippen LogP contribution < -0.4 is 14.4 Å². The number of sulfonamides is 1. The van der Waals surface area contributed by atoms with E-state index >= 15 is 0 Å². The van der Waals surface area contributed by atoms with Gasteiger partial charge < -0.3 is 14.8 Å². The van der Waals surface area contributed by atoms with Crippen LogP contribution in [0.25, 0.3) is 0 Å². The van der Waals surface area contributed by atoms with Crippen molar-refractivity contribution >= 4 is 21.6 Å². The lowest BCUT2D eigenvalue weighted by atomic mass is 9.74. The third-order valence-electron chi connectivity index (χ3n) is 5.64. The number of ether oxygens (including phenoxy) is 2. The summed E-state index contributed by atoms with van der Waals surface area (Å²) in [5, 5.41) is 2.98. The Balaban J connectivity index is 1.71. The van der Waals surface area contributed by atoms with E-state index in [9.17, 15) is 13.2 Å². The second-order valence-electron chi connectivity index (χ2n) is 8.47. The summed E-state index contributed by atoms with van der Waals surface area (Å²) < 4.78 is 37.1. The molecule has 2 aromatic rings. The topological polar surface area (TPSA) is 84.9 Å². The number of carbonyl (C=O) groups excluding carboxylic acids is 1. The molecule has 0 saturated carbocycles. The van der Waals surface area contributed by atoms with Crippen LogP contribution in [-0.4, -0.2) is 53.0 Å². The van der Waals surface area contributed by atoms with Gasteiger partial charge in [-0.15, -0.1) is 0 Å². The van der Waals surface area contributed by atoms with Crippen molar-refractivity contribution in [2.75, 3.05) is 36.9 Å². The van der Waals surface area contributed by atoms with E-state index in [4.69, 9.17) is 9.47 Å². The molecule has 0 aromatic heterocycles. The Morgan fingerprint density at radius 2 is 1.72 bits per heavy atom. The van der Waals surface area contributed by atoms with Crippen LogP contribution in [0.1, 0.15) is 32.3 Å². The molecule has 2 aromatic carbocycles. The first-order valence-corrected chi connectivity index (χ1v) is 12.7. The first kappa shape index (κ1) is 24.1. The number of hydrogen-bond acceptors (Lipinski definition) is 5. The van der Waals surface area contributed by atoms with Gasteiger partial charge in [0.25, 0.3) is 0 Å². The van der Waals surface area contributed by atoms with E-state index in [2.05, 4.69) is 17.4 Å². The minimum absolute atomic E-state index is 0.0137. The highest BCUT2D eigenvalue weighted by Crippen LogP contribution is 2.34. The summed E-state index contributed by atoms with van der Waals surface area (Å²) in [5.41, 5.74) is 1.35. The smallest absolute Gasteiger partial charge is 0.240 e. The SMILES string of the molecule is CC(C)Oc1ccc(N(CC(=O)NCC2(c3ccccc3)CCOCC2)S(C)(=O)=O)cc1. The van der Waals surface area contributed by atoms with Crippen LogP contribution in [0.15, 0.2) is 54.6 Å². The number of hydrogen-bond donors (Lipinski definition) is 1. The van der Waals surface area contributed by atoms with E-state index in [1.54, 1.807) is 24.3 Å². The highest BCUT2D eigenvalue weighted by molar-refractivity contribution is 7.92. The summed E-state index contributed by atoms with van der Waals surface area (Å²) in [4.78, 5) is 12.8. The predicted octanol–water partition coefficient (Wildman–Crippen LogP) is 3.10. The maximum absolute atomic E-state index is 12.8. The summed E-state index contributed by atoms with van der Waals surface area (Å²) in [5.74, 6) is 0.297. The molecule has 0 spiro atoms. The van der Waals surface area contributed by atoms with Gasteiger partial charge in [0.15, 0.2) is 0 Å². The molecular weight excluding hydrogens is 428 g/mol. The molecule has 0 unspecified atom stereocenters. The van der Waals surface area contributed by atoms with Crippen LogP contribution in [0.5, 0.6) is 5.75 Å². The third-order valence-corrected chi connectivity index (χ3v) is 6.78. The standard InChI is InChI=1S/C24H32N2O5S/c1-19(2)31-22-11-9-21(10-12-22)26(32(3,28)29)17-23(27)25-18-24(13-15-30-16-14-24)20-7-5-4-6-8-20/h4-12,19H,13-18H2,1-3H3,(H,25,27). The van der Waals surface area contributed by atoms with Gasteiger partial charge in [-0.05, 0) is 56.5 Å². The summed E-state index contributed by atoms with van der Waals surface area (Å²) in [6.07, 6.45) is 2.71. The minimum atomic E-state index is -3.65. The Bertz CT molecular complexity index is 985. The van der Waals surface area contributed by atoms with Gasteiger partial charge in [-0.3, -0.25) is 9.10 Å². The highest BCUT2D eigenvalue weighted by atomic mass is 32.2. The van der Waals surface area contributed by atoms with Crippen LogP contribution >= 0.6 is 0 Å². The Hall–Kier alpha value is -2.58. The number of benzene rings is 2. The molecule has 32 heavy (non-hydrogen) atoms. The molecule has 0 aliphatic carbocycles. The lowest BCUT2D eigenvalue weighted by molar-refractivity contribution is -0.120. The molecule has 0 bridgehead atoms. The van der Waals surface area contributed by atoms with Gasteiger partial charge in [0, 0.05) is 25.2 Å². The first-order chi connectivity index (χ1) is 15.2. The van der Waals surface area contributed by atoms with E-state index in [0.29, 0.717) is 31.2 Å². The Kier molecular flexibility index (Phi) is 7.79. The third kappa shape index (κ3) is 6.23. The molecule has 0 radical (unpaired) electrons. The molecule has 1 saturated heterocycles. The molecule has 7 nitrogen and oxygen atoms in total.